The number of pyridine rings is 1. The van der Waals surface area contributed by atoms with E-state index in [1.807, 2.05) is 37.4 Å². The van der Waals surface area contributed by atoms with E-state index in [1.165, 1.54) is 5.56 Å². The van der Waals surface area contributed by atoms with Crippen molar-refractivity contribution in [1.82, 2.24) is 14.5 Å². The zero-order valence-corrected chi connectivity index (χ0v) is 10.9. The minimum absolute atomic E-state index is 0.807. The van der Waals surface area contributed by atoms with Crippen LogP contribution < -0.4 is 5.73 Å². The van der Waals surface area contributed by atoms with Gasteiger partial charge in [0.25, 0.3) is 0 Å². The van der Waals surface area contributed by atoms with Crippen molar-refractivity contribution < 1.29 is 0 Å². The summed E-state index contributed by atoms with van der Waals surface area (Å²) in [5, 5.41) is 0. The van der Waals surface area contributed by atoms with E-state index in [2.05, 4.69) is 20.6 Å². The lowest BCUT2D eigenvalue weighted by molar-refractivity contribution is 0.787. The number of nitrogens with zero attached hydrogens (tertiary/aromatic N) is 3. The highest BCUT2D eigenvalue weighted by Gasteiger charge is 2.08. The second-order valence-corrected chi connectivity index (χ2v) is 4.63. The molecule has 2 aromatic heterocycles. The van der Waals surface area contributed by atoms with Gasteiger partial charge in [-0.1, -0.05) is 18.2 Å². The molecule has 4 heteroatoms. The number of para-hydroxylation sites is 1. The van der Waals surface area contributed by atoms with E-state index in [0.29, 0.717) is 0 Å². The van der Waals surface area contributed by atoms with E-state index in [-0.39, 0.29) is 0 Å². The zero-order valence-electron chi connectivity index (χ0n) is 10.9. The van der Waals surface area contributed by atoms with Crippen LogP contribution in [0.1, 0.15) is 11.4 Å². The molecule has 0 aliphatic heterocycles. The Morgan fingerprint density at radius 1 is 1.11 bits per heavy atom. The summed E-state index contributed by atoms with van der Waals surface area (Å²) >= 11 is 0. The standard InChI is InChI=1S/C15H16N4/c1-19-13-7-4-10-17-15(13)18-14(19)9-8-11-5-2-3-6-12(11)16/h2-7,10H,8-9,16H2,1H3. The molecular weight excluding hydrogens is 236 g/mol. The maximum absolute atomic E-state index is 5.96. The van der Waals surface area contributed by atoms with E-state index in [1.54, 1.807) is 6.20 Å². The summed E-state index contributed by atoms with van der Waals surface area (Å²) in [6.07, 6.45) is 3.53. The molecule has 1 aromatic carbocycles. The lowest BCUT2D eigenvalue weighted by Gasteiger charge is -2.05. The van der Waals surface area contributed by atoms with Crippen LogP contribution in [0.25, 0.3) is 11.2 Å². The number of imidazole rings is 1. The minimum atomic E-state index is 0.807. The van der Waals surface area contributed by atoms with Crippen molar-refractivity contribution in [3.8, 4) is 0 Å². The molecule has 0 fully saturated rings. The highest BCUT2D eigenvalue weighted by molar-refractivity contribution is 5.71. The fourth-order valence-corrected chi connectivity index (χ4v) is 2.30. The number of rotatable bonds is 3. The molecule has 3 rings (SSSR count). The van der Waals surface area contributed by atoms with E-state index >= 15 is 0 Å². The van der Waals surface area contributed by atoms with Crippen molar-refractivity contribution in [3.05, 3.63) is 54.0 Å². The van der Waals surface area contributed by atoms with Gasteiger partial charge in [0.15, 0.2) is 5.65 Å². The number of hydrogen-bond acceptors (Lipinski definition) is 3. The molecular formula is C15H16N4. The molecule has 2 N–H and O–H groups in total. The van der Waals surface area contributed by atoms with E-state index in [4.69, 9.17) is 5.73 Å². The molecule has 3 aromatic rings. The van der Waals surface area contributed by atoms with Crippen LogP contribution in [0.15, 0.2) is 42.6 Å². The Hall–Kier alpha value is -2.36. The Labute approximate surface area is 111 Å². The minimum Gasteiger partial charge on any atom is -0.399 e. The number of anilines is 1. The van der Waals surface area contributed by atoms with Gasteiger partial charge in [-0.2, -0.15) is 0 Å². The highest BCUT2D eigenvalue weighted by atomic mass is 15.1. The fraction of sp³-hybridized carbons (Fsp3) is 0.200. The van der Waals surface area contributed by atoms with Crippen molar-refractivity contribution in [3.63, 3.8) is 0 Å². The van der Waals surface area contributed by atoms with Gasteiger partial charge >= 0.3 is 0 Å². The lowest BCUT2D eigenvalue weighted by Crippen LogP contribution is -2.02. The number of aromatic nitrogens is 3. The summed E-state index contributed by atoms with van der Waals surface area (Å²) < 4.78 is 2.10. The molecule has 0 unspecified atom stereocenters. The van der Waals surface area contributed by atoms with Crippen molar-refractivity contribution in [2.75, 3.05) is 5.73 Å². The molecule has 0 saturated carbocycles. The van der Waals surface area contributed by atoms with Crippen molar-refractivity contribution in [1.29, 1.82) is 0 Å². The first-order chi connectivity index (χ1) is 9.25. The summed E-state index contributed by atoms with van der Waals surface area (Å²) in [5.74, 6) is 1.04. The zero-order chi connectivity index (χ0) is 13.2. The van der Waals surface area contributed by atoms with Gasteiger partial charge in [0, 0.05) is 25.4 Å². The molecule has 0 atom stereocenters. The monoisotopic (exact) mass is 252 g/mol. The molecule has 0 amide bonds. The summed E-state index contributed by atoms with van der Waals surface area (Å²) in [5.41, 5.74) is 9.85. The van der Waals surface area contributed by atoms with Gasteiger partial charge in [-0.3, -0.25) is 0 Å². The molecule has 0 radical (unpaired) electrons. The third kappa shape index (κ3) is 2.17. The molecule has 4 nitrogen and oxygen atoms in total. The third-order valence-electron chi connectivity index (χ3n) is 3.42. The quantitative estimate of drug-likeness (QED) is 0.728. The van der Waals surface area contributed by atoms with E-state index < -0.39 is 0 Å². The molecule has 0 bridgehead atoms. The first kappa shape index (κ1) is 11.7. The SMILES string of the molecule is Cn1c(CCc2ccccc2N)nc2ncccc21. The summed E-state index contributed by atoms with van der Waals surface area (Å²) in [6.45, 7) is 0. The van der Waals surface area contributed by atoms with Gasteiger partial charge in [-0.05, 0) is 30.2 Å². The number of benzene rings is 1. The number of aryl methyl sites for hydroxylation is 3. The van der Waals surface area contributed by atoms with Crippen LogP contribution in [-0.2, 0) is 19.9 Å². The Balaban J connectivity index is 1.86. The number of nitrogen functional groups attached to an aromatic ring is 1. The summed E-state index contributed by atoms with van der Waals surface area (Å²) in [7, 11) is 2.03. The fourth-order valence-electron chi connectivity index (χ4n) is 2.30. The largest absolute Gasteiger partial charge is 0.399 e. The second-order valence-electron chi connectivity index (χ2n) is 4.63. The van der Waals surface area contributed by atoms with E-state index in [9.17, 15) is 0 Å². The number of nitrogens with two attached hydrogens (primary N) is 1. The first-order valence-electron chi connectivity index (χ1n) is 6.35. The molecule has 96 valence electrons. The van der Waals surface area contributed by atoms with Crippen molar-refractivity contribution in [2.45, 2.75) is 12.8 Å². The molecule has 0 spiro atoms. The third-order valence-corrected chi connectivity index (χ3v) is 3.42. The number of hydrogen-bond donors (Lipinski definition) is 1. The Morgan fingerprint density at radius 3 is 2.74 bits per heavy atom. The Morgan fingerprint density at radius 2 is 1.95 bits per heavy atom. The van der Waals surface area contributed by atoms with Gasteiger partial charge in [0.1, 0.15) is 5.82 Å². The average Bonchev–Trinajstić information content (AvgIpc) is 2.75. The second kappa shape index (κ2) is 4.72. The predicted molar refractivity (Wildman–Crippen MR) is 76.8 cm³/mol. The maximum Gasteiger partial charge on any atom is 0.177 e. The molecule has 0 saturated heterocycles. The highest BCUT2D eigenvalue weighted by Crippen LogP contribution is 2.16. The molecule has 19 heavy (non-hydrogen) atoms. The molecule has 0 aliphatic rings. The topological polar surface area (TPSA) is 56.7 Å². The van der Waals surface area contributed by atoms with Crippen LogP contribution in [0.3, 0.4) is 0 Å². The van der Waals surface area contributed by atoms with Gasteiger partial charge < -0.3 is 10.3 Å². The van der Waals surface area contributed by atoms with Crippen LogP contribution in [-0.4, -0.2) is 14.5 Å². The Bertz CT molecular complexity index is 715. The smallest absolute Gasteiger partial charge is 0.177 e. The van der Waals surface area contributed by atoms with Gasteiger partial charge in [-0.25, -0.2) is 9.97 Å². The molecule has 2 heterocycles. The van der Waals surface area contributed by atoms with Crippen LogP contribution >= 0.6 is 0 Å². The van der Waals surface area contributed by atoms with Gasteiger partial charge in [0.05, 0.1) is 5.52 Å². The summed E-state index contributed by atoms with van der Waals surface area (Å²) in [6, 6.07) is 11.9. The van der Waals surface area contributed by atoms with Crippen LogP contribution in [0, 0.1) is 0 Å². The van der Waals surface area contributed by atoms with Crippen molar-refractivity contribution in [2.24, 2.45) is 7.05 Å². The Kier molecular flexibility index (Phi) is 2.91. The predicted octanol–water partition coefficient (Wildman–Crippen LogP) is 2.34. The lowest BCUT2D eigenvalue weighted by atomic mass is 10.1. The maximum atomic E-state index is 5.96. The molecule has 0 aliphatic carbocycles. The number of fused-ring (bicyclic) bond motifs is 1. The van der Waals surface area contributed by atoms with Gasteiger partial charge in [-0.15, -0.1) is 0 Å². The summed E-state index contributed by atoms with van der Waals surface area (Å²) in [4.78, 5) is 8.85. The van der Waals surface area contributed by atoms with Crippen LogP contribution in [0.5, 0.6) is 0 Å². The van der Waals surface area contributed by atoms with Crippen LogP contribution in [0.4, 0.5) is 5.69 Å². The average molecular weight is 252 g/mol. The van der Waals surface area contributed by atoms with E-state index in [0.717, 1.165) is 35.5 Å². The normalized spacial score (nSPS) is 11.0. The van der Waals surface area contributed by atoms with Crippen LogP contribution in [0.2, 0.25) is 0 Å². The van der Waals surface area contributed by atoms with Crippen molar-refractivity contribution >= 4 is 16.9 Å². The first-order valence-corrected chi connectivity index (χ1v) is 6.35. The van der Waals surface area contributed by atoms with Gasteiger partial charge in [0.2, 0.25) is 0 Å².